The van der Waals surface area contributed by atoms with Crippen LogP contribution >= 0.6 is 0 Å². The molecule has 0 unspecified atom stereocenters. The zero-order valence-electron chi connectivity index (χ0n) is 12.2. The molecule has 2 amide bonds. The molecule has 1 aromatic heterocycles. The lowest BCUT2D eigenvalue weighted by atomic mass is 10.1. The second-order valence-corrected chi connectivity index (χ2v) is 4.80. The van der Waals surface area contributed by atoms with Gasteiger partial charge in [-0.1, -0.05) is 12.1 Å². The highest BCUT2D eigenvalue weighted by Crippen LogP contribution is 2.14. The second kappa shape index (κ2) is 7.28. The third-order valence-electron chi connectivity index (χ3n) is 2.97. The lowest BCUT2D eigenvalue weighted by Gasteiger charge is -2.15. The van der Waals surface area contributed by atoms with Gasteiger partial charge in [0.1, 0.15) is 5.75 Å². The van der Waals surface area contributed by atoms with Gasteiger partial charge in [0.05, 0.1) is 19.0 Å². The Morgan fingerprint density at radius 2 is 2.19 bits per heavy atom. The summed E-state index contributed by atoms with van der Waals surface area (Å²) in [6, 6.07) is 11.2. The van der Waals surface area contributed by atoms with Crippen molar-refractivity contribution in [3.63, 3.8) is 0 Å². The highest BCUT2D eigenvalue weighted by molar-refractivity contribution is 5.89. The van der Waals surface area contributed by atoms with Crippen molar-refractivity contribution in [3.05, 3.63) is 54.4 Å². The van der Waals surface area contributed by atoms with E-state index in [2.05, 4.69) is 15.6 Å². The van der Waals surface area contributed by atoms with Crippen LogP contribution in [0.1, 0.15) is 12.5 Å². The molecular weight excluding hydrogens is 266 g/mol. The van der Waals surface area contributed by atoms with E-state index in [9.17, 15) is 4.79 Å². The molecule has 5 heteroatoms. The number of amides is 2. The minimum absolute atomic E-state index is 0.00813. The molecule has 1 aromatic carbocycles. The number of ether oxygens (including phenoxy) is 1. The topological polar surface area (TPSA) is 63.2 Å². The maximum absolute atomic E-state index is 11.9. The highest BCUT2D eigenvalue weighted by Gasteiger charge is 2.08. The first-order chi connectivity index (χ1) is 10.2. The van der Waals surface area contributed by atoms with Gasteiger partial charge in [-0.05, 0) is 43.2 Å². The Labute approximate surface area is 124 Å². The SMILES string of the molecule is COc1cccc(C[C@@H](C)NC(=O)Nc2cccnc2)c1. The van der Waals surface area contributed by atoms with Gasteiger partial charge in [0.25, 0.3) is 0 Å². The van der Waals surface area contributed by atoms with Gasteiger partial charge in [-0.25, -0.2) is 4.79 Å². The van der Waals surface area contributed by atoms with Crippen LogP contribution in [0.4, 0.5) is 10.5 Å². The Morgan fingerprint density at radius 1 is 1.33 bits per heavy atom. The van der Waals surface area contributed by atoms with Crippen LogP contribution in [0.25, 0.3) is 0 Å². The van der Waals surface area contributed by atoms with Crippen LogP contribution in [-0.2, 0) is 6.42 Å². The van der Waals surface area contributed by atoms with Crippen LogP contribution in [0.2, 0.25) is 0 Å². The Kier molecular flexibility index (Phi) is 5.15. The number of nitrogens with zero attached hydrogens (tertiary/aromatic N) is 1. The Hall–Kier alpha value is -2.56. The molecule has 0 aliphatic rings. The summed E-state index contributed by atoms with van der Waals surface area (Å²) < 4.78 is 5.19. The summed E-state index contributed by atoms with van der Waals surface area (Å²) in [6.07, 6.45) is 4.00. The van der Waals surface area contributed by atoms with E-state index in [4.69, 9.17) is 4.74 Å². The average molecular weight is 285 g/mol. The van der Waals surface area contributed by atoms with Crippen molar-refractivity contribution in [3.8, 4) is 5.75 Å². The fourth-order valence-corrected chi connectivity index (χ4v) is 2.03. The van der Waals surface area contributed by atoms with Crippen LogP contribution in [0.5, 0.6) is 5.75 Å². The molecule has 5 nitrogen and oxygen atoms in total. The molecule has 1 heterocycles. The van der Waals surface area contributed by atoms with Crippen molar-refractivity contribution in [1.29, 1.82) is 0 Å². The zero-order chi connectivity index (χ0) is 15.1. The molecule has 110 valence electrons. The van der Waals surface area contributed by atoms with Gasteiger partial charge < -0.3 is 15.4 Å². The molecule has 0 aliphatic carbocycles. The van der Waals surface area contributed by atoms with E-state index in [0.29, 0.717) is 5.69 Å². The number of carbonyl (C=O) groups is 1. The van der Waals surface area contributed by atoms with Crippen LogP contribution in [0, 0.1) is 0 Å². The van der Waals surface area contributed by atoms with Crippen molar-refractivity contribution in [2.24, 2.45) is 0 Å². The van der Waals surface area contributed by atoms with Gasteiger partial charge in [0.15, 0.2) is 0 Å². The smallest absolute Gasteiger partial charge is 0.319 e. The maximum atomic E-state index is 11.9. The molecule has 21 heavy (non-hydrogen) atoms. The first-order valence-corrected chi connectivity index (χ1v) is 6.78. The van der Waals surface area contributed by atoms with Crippen LogP contribution in [0.3, 0.4) is 0 Å². The highest BCUT2D eigenvalue weighted by atomic mass is 16.5. The summed E-state index contributed by atoms with van der Waals surface area (Å²) in [5, 5.41) is 5.64. The molecule has 0 bridgehead atoms. The predicted octanol–water partition coefficient (Wildman–Crippen LogP) is 2.84. The predicted molar refractivity (Wildman–Crippen MR) is 82.6 cm³/mol. The molecule has 0 saturated carbocycles. The van der Waals surface area contributed by atoms with Gasteiger partial charge >= 0.3 is 6.03 Å². The molecule has 2 aromatic rings. The first-order valence-electron chi connectivity index (χ1n) is 6.78. The number of anilines is 1. The van der Waals surface area contributed by atoms with Crippen LogP contribution in [-0.4, -0.2) is 24.2 Å². The standard InChI is InChI=1S/C16H19N3O2/c1-12(9-13-5-3-7-15(10-13)21-2)18-16(20)19-14-6-4-8-17-11-14/h3-8,10-12H,9H2,1-2H3,(H2,18,19,20)/t12-/m1/s1. The number of benzene rings is 1. The van der Waals surface area contributed by atoms with Crippen molar-refractivity contribution in [2.45, 2.75) is 19.4 Å². The average Bonchev–Trinajstić information content (AvgIpc) is 2.48. The quantitative estimate of drug-likeness (QED) is 0.888. The minimum atomic E-state index is -0.238. The fourth-order valence-electron chi connectivity index (χ4n) is 2.03. The molecule has 0 fully saturated rings. The van der Waals surface area contributed by atoms with Crippen LogP contribution in [0.15, 0.2) is 48.8 Å². The third kappa shape index (κ3) is 4.80. The maximum Gasteiger partial charge on any atom is 0.319 e. The Bertz CT molecular complexity index is 587. The summed E-state index contributed by atoms with van der Waals surface area (Å²) in [6.45, 7) is 1.96. The summed E-state index contributed by atoms with van der Waals surface area (Å²) in [5.74, 6) is 0.819. The number of methoxy groups -OCH3 is 1. The number of hydrogen-bond acceptors (Lipinski definition) is 3. The van der Waals surface area contributed by atoms with E-state index in [0.717, 1.165) is 17.7 Å². The number of rotatable bonds is 5. The molecule has 1 atom stereocenters. The number of hydrogen-bond donors (Lipinski definition) is 2. The lowest BCUT2D eigenvalue weighted by molar-refractivity contribution is 0.249. The van der Waals surface area contributed by atoms with Crippen LogP contribution < -0.4 is 15.4 Å². The van der Waals surface area contributed by atoms with E-state index in [1.165, 1.54) is 0 Å². The largest absolute Gasteiger partial charge is 0.497 e. The summed E-state index contributed by atoms with van der Waals surface area (Å²) in [5.41, 5.74) is 1.78. The fraction of sp³-hybridized carbons (Fsp3) is 0.250. The normalized spacial score (nSPS) is 11.5. The number of nitrogens with one attached hydrogen (secondary N) is 2. The molecule has 0 radical (unpaired) electrons. The monoisotopic (exact) mass is 285 g/mol. The number of urea groups is 1. The van der Waals surface area contributed by atoms with Crippen molar-refractivity contribution >= 4 is 11.7 Å². The second-order valence-electron chi connectivity index (χ2n) is 4.80. The summed E-state index contributed by atoms with van der Waals surface area (Å²) >= 11 is 0. The van der Waals surface area contributed by atoms with Gasteiger partial charge in [-0.2, -0.15) is 0 Å². The van der Waals surface area contributed by atoms with Gasteiger partial charge in [-0.3, -0.25) is 4.98 Å². The van der Waals surface area contributed by atoms with Crippen molar-refractivity contribution in [2.75, 3.05) is 12.4 Å². The van der Waals surface area contributed by atoms with E-state index in [1.54, 1.807) is 31.6 Å². The molecular formula is C16H19N3O2. The Morgan fingerprint density at radius 3 is 2.90 bits per heavy atom. The summed E-state index contributed by atoms with van der Waals surface area (Å²) in [7, 11) is 1.64. The molecule has 0 aliphatic heterocycles. The molecule has 2 rings (SSSR count). The van der Waals surface area contributed by atoms with E-state index in [1.807, 2.05) is 31.2 Å². The lowest BCUT2D eigenvalue weighted by Crippen LogP contribution is -2.37. The van der Waals surface area contributed by atoms with Crippen molar-refractivity contribution in [1.82, 2.24) is 10.3 Å². The molecule has 0 saturated heterocycles. The number of aromatic nitrogens is 1. The Balaban J connectivity index is 1.86. The summed E-state index contributed by atoms with van der Waals surface area (Å²) in [4.78, 5) is 15.8. The van der Waals surface area contributed by atoms with E-state index in [-0.39, 0.29) is 12.1 Å². The minimum Gasteiger partial charge on any atom is -0.497 e. The zero-order valence-corrected chi connectivity index (χ0v) is 12.2. The molecule has 0 spiro atoms. The van der Waals surface area contributed by atoms with Gasteiger partial charge in [-0.15, -0.1) is 0 Å². The van der Waals surface area contributed by atoms with E-state index >= 15 is 0 Å². The van der Waals surface area contributed by atoms with Gasteiger partial charge in [0, 0.05) is 12.2 Å². The first kappa shape index (κ1) is 14.8. The number of carbonyl (C=O) groups excluding carboxylic acids is 1. The van der Waals surface area contributed by atoms with Crippen molar-refractivity contribution < 1.29 is 9.53 Å². The molecule has 2 N–H and O–H groups in total. The van der Waals surface area contributed by atoms with Gasteiger partial charge in [0.2, 0.25) is 0 Å². The third-order valence-corrected chi connectivity index (χ3v) is 2.97. The van der Waals surface area contributed by atoms with E-state index < -0.39 is 0 Å². The number of pyridine rings is 1.